The van der Waals surface area contributed by atoms with Crippen LogP contribution in [0.5, 0.6) is 0 Å². The summed E-state index contributed by atoms with van der Waals surface area (Å²) in [6.07, 6.45) is 0. The van der Waals surface area contributed by atoms with Crippen molar-refractivity contribution in [3.8, 4) is 0 Å². The second-order valence-corrected chi connectivity index (χ2v) is 4.28. The van der Waals surface area contributed by atoms with Crippen LogP contribution in [0.25, 0.3) is 0 Å². The van der Waals surface area contributed by atoms with Crippen LogP contribution in [-0.4, -0.2) is 21.6 Å². The van der Waals surface area contributed by atoms with Gasteiger partial charge in [0, 0.05) is 5.56 Å². The lowest BCUT2D eigenvalue weighted by atomic mass is 10.2. The van der Waals surface area contributed by atoms with Gasteiger partial charge in [0.25, 0.3) is 0 Å². The molecule has 1 unspecified atom stereocenters. The normalized spacial score (nSPS) is 21.2. The number of halogens is 1. The zero-order valence-corrected chi connectivity index (χ0v) is 8.09. The molecule has 0 spiro atoms. The number of hydrogen-bond acceptors (Lipinski definition) is 3. The van der Waals surface area contributed by atoms with E-state index in [1.165, 1.54) is 12.1 Å². The third kappa shape index (κ3) is 1.82. The average molecular weight is 213 g/mol. The maximum absolute atomic E-state index is 12.9. The van der Waals surface area contributed by atoms with Crippen LogP contribution in [-0.2, 0) is 15.6 Å². The van der Waals surface area contributed by atoms with Crippen molar-refractivity contribution >= 4 is 15.8 Å². The van der Waals surface area contributed by atoms with Crippen LogP contribution in [0.1, 0.15) is 5.56 Å². The Morgan fingerprint density at radius 3 is 3.07 bits per heavy atom. The maximum atomic E-state index is 12.9. The maximum Gasteiger partial charge on any atom is 0.173 e. The molecule has 1 aromatic rings. The smallest absolute Gasteiger partial charge is 0.173 e. The molecule has 2 rings (SSSR count). The summed E-state index contributed by atoms with van der Waals surface area (Å²) in [6, 6.07) is 5.84. The van der Waals surface area contributed by atoms with Crippen LogP contribution in [0.2, 0.25) is 0 Å². The molecule has 1 aliphatic rings. The molecule has 0 saturated carbocycles. The summed E-state index contributed by atoms with van der Waals surface area (Å²) in [6.45, 7) is 0.353. The molecule has 0 aromatic heterocycles. The molecular formula is C9H8FNO2S. The minimum Gasteiger partial charge on any atom is -0.394 e. The van der Waals surface area contributed by atoms with Crippen LogP contribution in [0.4, 0.5) is 4.39 Å². The number of nitrogens with zero attached hydrogens (tertiary/aromatic N) is 1. The minimum atomic E-state index is -1.18. The highest BCUT2D eigenvalue weighted by Gasteiger charge is 2.17. The SMILES string of the molecule is O=S1CCON=C1c1cccc(F)c1. The summed E-state index contributed by atoms with van der Waals surface area (Å²) in [7, 11) is -1.18. The molecule has 0 saturated heterocycles. The third-order valence-electron chi connectivity index (χ3n) is 1.79. The van der Waals surface area contributed by atoms with E-state index in [0.717, 1.165) is 0 Å². The highest BCUT2D eigenvalue weighted by Crippen LogP contribution is 2.11. The van der Waals surface area contributed by atoms with Gasteiger partial charge in [0.15, 0.2) is 5.04 Å². The van der Waals surface area contributed by atoms with Crippen molar-refractivity contribution in [2.24, 2.45) is 5.16 Å². The zero-order valence-electron chi connectivity index (χ0n) is 7.27. The van der Waals surface area contributed by atoms with Crippen LogP contribution >= 0.6 is 0 Å². The van der Waals surface area contributed by atoms with Gasteiger partial charge in [-0.15, -0.1) is 0 Å². The van der Waals surface area contributed by atoms with Gasteiger partial charge in [0.05, 0.1) is 16.6 Å². The minimum absolute atomic E-state index is 0.316. The van der Waals surface area contributed by atoms with Gasteiger partial charge in [0.2, 0.25) is 0 Å². The van der Waals surface area contributed by atoms with Crippen molar-refractivity contribution in [2.45, 2.75) is 0 Å². The molecule has 5 heteroatoms. The highest BCUT2D eigenvalue weighted by atomic mass is 32.2. The van der Waals surface area contributed by atoms with Crippen LogP contribution in [0.3, 0.4) is 0 Å². The fourth-order valence-corrected chi connectivity index (χ4v) is 2.11. The first-order chi connectivity index (χ1) is 6.77. The van der Waals surface area contributed by atoms with Gasteiger partial charge in [-0.05, 0) is 12.1 Å². The fourth-order valence-electron chi connectivity index (χ4n) is 1.16. The summed E-state index contributed by atoms with van der Waals surface area (Å²) in [4.78, 5) is 4.82. The molecule has 0 aliphatic carbocycles. The second kappa shape index (κ2) is 3.88. The van der Waals surface area contributed by atoms with E-state index in [4.69, 9.17) is 4.84 Å². The Balaban J connectivity index is 2.39. The van der Waals surface area contributed by atoms with E-state index in [9.17, 15) is 8.60 Å². The molecule has 1 heterocycles. The zero-order chi connectivity index (χ0) is 9.97. The van der Waals surface area contributed by atoms with Gasteiger partial charge < -0.3 is 4.84 Å². The van der Waals surface area contributed by atoms with Gasteiger partial charge in [-0.25, -0.2) is 4.39 Å². The van der Waals surface area contributed by atoms with Gasteiger partial charge in [-0.3, -0.25) is 4.21 Å². The molecule has 74 valence electrons. The van der Waals surface area contributed by atoms with E-state index in [1.54, 1.807) is 12.1 Å². The quantitative estimate of drug-likeness (QED) is 0.704. The Bertz CT molecular complexity index is 406. The molecule has 3 nitrogen and oxygen atoms in total. The molecule has 0 amide bonds. The summed E-state index contributed by atoms with van der Waals surface area (Å²) >= 11 is 0. The lowest BCUT2D eigenvalue weighted by molar-refractivity contribution is 0.159. The highest BCUT2D eigenvalue weighted by molar-refractivity contribution is 8.01. The predicted molar refractivity (Wildman–Crippen MR) is 51.9 cm³/mol. The first-order valence-corrected chi connectivity index (χ1v) is 5.43. The molecule has 0 N–H and O–H groups in total. The molecular weight excluding hydrogens is 205 g/mol. The number of benzene rings is 1. The van der Waals surface area contributed by atoms with E-state index >= 15 is 0 Å². The monoisotopic (exact) mass is 213 g/mol. The van der Waals surface area contributed by atoms with Gasteiger partial charge in [0.1, 0.15) is 12.4 Å². The van der Waals surface area contributed by atoms with Crippen molar-refractivity contribution in [3.63, 3.8) is 0 Å². The van der Waals surface area contributed by atoms with E-state index in [1.807, 2.05) is 0 Å². The van der Waals surface area contributed by atoms with Crippen molar-refractivity contribution in [3.05, 3.63) is 35.6 Å². The summed E-state index contributed by atoms with van der Waals surface area (Å²) in [5.41, 5.74) is 0.517. The Morgan fingerprint density at radius 2 is 2.36 bits per heavy atom. The molecule has 0 fully saturated rings. The van der Waals surface area contributed by atoms with Crippen molar-refractivity contribution in [1.29, 1.82) is 0 Å². The predicted octanol–water partition coefficient (Wildman–Crippen LogP) is 1.27. The number of hydrogen-bond donors (Lipinski definition) is 0. The molecule has 1 aromatic carbocycles. The first-order valence-electron chi connectivity index (χ1n) is 4.11. The Hall–Kier alpha value is -1.23. The molecule has 1 aliphatic heterocycles. The molecule has 14 heavy (non-hydrogen) atoms. The van der Waals surface area contributed by atoms with Crippen LogP contribution < -0.4 is 0 Å². The standard InChI is InChI=1S/C9H8FNO2S/c10-8-3-1-2-7(6-8)9-11-13-4-5-14(9)12/h1-3,6H,4-5H2. The number of rotatable bonds is 1. The van der Waals surface area contributed by atoms with Gasteiger partial charge in [-0.1, -0.05) is 17.3 Å². The molecule has 0 bridgehead atoms. The van der Waals surface area contributed by atoms with E-state index in [-0.39, 0.29) is 5.82 Å². The summed E-state index contributed by atoms with van der Waals surface area (Å²) < 4.78 is 24.3. The van der Waals surface area contributed by atoms with Crippen molar-refractivity contribution in [1.82, 2.24) is 0 Å². The fraction of sp³-hybridized carbons (Fsp3) is 0.222. The lowest BCUT2D eigenvalue weighted by Crippen LogP contribution is -2.20. The third-order valence-corrected chi connectivity index (χ3v) is 3.07. The van der Waals surface area contributed by atoms with E-state index in [0.29, 0.717) is 23.0 Å². The van der Waals surface area contributed by atoms with E-state index < -0.39 is 10.8 Å². The lowest BCUT2D eigenvalue weighted by Gasteiger charge is -2.11. The van der Waals surface area contributed by atoms with Crippen LogP contribution in [0.15, 0.2) is 29.4 Å². The summed E-state index contributed by atoms with van der Waals surface area (Å²) in [5.74, 6) is 0.0442. The Morgan fingerprint density at radius 1 is 1.50 bits per heavy atom. The Kier molecular flexibility index (Phi) is 2.58. The van der Waals surface area contributed by atoms with Gasteiger partial charge in [-0.2, -0.15) is 0 Å². The second-order valence-electron chi connectivity index (χ2n) is 2.79. The van der Waals surface area contributed by atoms with Crippen molar-refractivity contribution in [2.75, 3.05) is 12.4 Å². The topological polar surface area (TPSA) is 38.7 Å². The van der Waals surface area contributed by atoms with Crippen LogP contribution in [0, 0.1) is 5.82 Å². The Labute approximate surface area is 83.0 Å². The molecule has 1 atom stereocenters. The largest absolute Gasteiger partial charge is 0.394 e. The average Bonchev–Trinajstić information content (AvgIpc) is 2.18. The van der Waals surface area contributed by atoms with Crippen molar-refractivity contribution < 1.29 is 13.4 Å². The first kappa shape index (κ1) is 9.33. The van der Waals surface area contributed by atoms with Gasteiger partial charge >= 0.3 is 0 Å². The summed E-state index contributed by atoms with van der Waals surface area (Å²) in [5, 5.41) is 3.99. The molecule has 0 radical (unpaired) electrons. The van der Waals surface area contributed by atoms with E-state index in [2.05, 4.69) is 5.16 Å². The number of oxime groups is 1.